The molecule has 25 heavy (non-hydrogen) atoms. The summed E-state index contributed by atoms with van der Waals surface area (Å²) in [5.41, 5.74) is 4.14. The molecule has 0 fully saturated rings. The topological polar surface area (TPSA) is 58.6 Å². The van der Waals surface area contributed by atoms with E-state index in [2.05, 4.69) is 5.32 Å². The van der Waals surface area contributed by atoms with E-state index in [1.165, 1.54) is 11.3 Å². The van der Waals surface area contributed by atoms with E-state index in [-0.39, 0.29) is 12.4 Å². The first-order valence-electron chi connectivity index (χ1n) is 7.86. The van der Waals surface area contributed by atoms with Crippen molar-refractivity contribution in [3.8, 4) is 11.1 Å². The molecule has 128 valence electrons. The summed E-state index contributed by atoms with van der Waals surface area (Å²) in [4.78, 5) is 24.0. The van der Waals surface area contributed by atoms with Crippen LogP contribution in [0.5, 0.6) is 0 Å². The average Bonchev–Trinajstić information content (AvgIpc) is 2.72. The maximum atomic E-state index is 12.3. The molecular formula is C19H17ClN2O3. The molecule has 6 heteroatoms. The molecule has 1 N–H and O–H groups in total. The van der Waals surface area contributed by atoms with E-state index in [1.54, 1.807) is 25.3 Å². The third-order valence-electron chi connectivity index (χ3n) is 3.86. The van der Waals surface area contributed by atoms with Crippen LogP contribution >= 0.6 is 11.8 Å². The number of Topliss-reactive ketones (excluding diaryl/α,β-unsaturated/α-hetero) is 1. The molecule has 1 heterocycles. The number of ketones is 1. The van der Waals surface area contributed by atoms with Gasteiger partial charge < -0.3 is 4.74 Å². The molecule has 0 atom stereocenters. The fourth-order valence-electron chi connectivity index (χ4n) is 2.81. The van der Waals surface area contributed by atoms with Gasteiger partial charge in [0.25, 0.3) is 0 Å². The zero-order chi connectivity index (χ0) is 18.0. The van der Waals surface area contributed by atoms with Gasteiger partial charge in [0.15, 0.2) is 5.78 Å². The monoisotopic (exact) mass is 356 g/mol. The Morgan fingerprint density at radius 2 is 2.00 bits per heavy atom. The standard InChI is InChI=1S/C19H17ClN2O3/c1-3-25-19(24)21-14-10-16(12(2)23)18-15-7-5-4-6-13(15)8-9-22(20)17(18)11-14/h4-11H,3H2,1-2H3,(H,21,24). The van der Waals surface area contributed by atoms with Gasteiger partial charge >= 0.3 is 6.09 Å². The minimum absolute atomic E-state index is 0.120. The van der Waals surface area contributed by atoms with Gasteiger partial charge in [0.05, 0.1) is 12.3 Å². The summed E-state index contributed by atoms with van der Waals surface area (Å²) in [7, 11) is 0. The minimum Gasteiger partial charge on any atom is -0.450 e. The summed E-state index contributed by atoms with van der Waals surface area (Å²) in [5, 5.41) is 2.63. The highest BCUT2D eigenvalue weighted by Crippen LogP contribution is 2.42. The van der Waals surface area contributed by atoms with Crippen LogP contribution in [0.4, 0.5) is 16.2 Å². The third-order valence-corrected chi connectivity index (χ3v) is 4.16. The number of amides is 1. The van der Waals surface area contributed by atoms with Crippen molar-refractivity contribution in [3.63, 3.8) is 0 Å². The molecule has 2 aromatic rings. The van der Waals surface area contributed by atoms with Crippen LogP contribution in [0.15, 0.2) is 42.6 Å². The number of nitrogens with one attached hydrogen (secondary N) is 1. The fraction of sp³-hybridized carbons (Fsp3) is 0.158. The molecule has 0 spiro atoms. The van der Waals surface area contributed by atoms with Gasteiger partial charge in [0.1, 0.15) is 0 Å². The largest absolute Gasteiger partial charge is 0.450 e. The number of ether oxygens (including phenoxy) is 1. The Bertz CT molecular complexity index is 877. The number of benzene rings is 2. The summed E-state index contributed by atoms with van der Waals surface area (Å²) in [6.45, 7) is 3.47. The van der Waals surface area contributed by atoms with Gasteiger partial charge in [-0.25, -0.2) is 4.79 Å². The smallest absolute Gasteiger partial charge is 0.411 e. The number of nitrogens with zero attached hydrogens (tertiary/aromatic N) is 1. The predicted octanol–water partition coefficient (Wildman–Crippen LogP) is 5.07. The molecule has 2 aromatic carbocycles. The van der Waals surface area contributed by atoms with E-state index >= 15 is 0 Å². The van der Waals surface area contributed by atoms with Crippen molar-refractivity contribution in [1.29, 1.82) is 0 Å². The van der Waals surface area contributed by atoms with Crippen molar-refractivity contribution < 1.29 is 14.3 Å². The predicted molar refractivity (Wildman–Crippen MR) is 99.9 cm³/mol. The van der Waals surface area contributed by atoms with Crippen LogP contribution in [0.2, 0.25) is 0 Å². The molecule has 5 nitrogen and oxygen atoms in total. The highest BCUT2D eigenvalue weighted by Gasteiger charge is 2.22. The Kier molecular flexibility index (Phi) is 4.76. The van der Waals surface area contributed by atoms with Gasteiger partial charge in [-0.3, -0.25) is 14.5 Å². The summed E-state index contributed by atoms with van der Waals surface area (Å²) < 4.78 is 6.32. The quantitative estimate of drug-likeness (QED) is 0.616. The van der Waals surface area contributed by atoms with E-state index < -0.39 is 6.09 Å². The number of carbonyl (C=O) groups is 2. The van der Waals surface area contributed by atoms with Gasteiger partial charge in [-0.05, 0) is 43.2 Å². The van der Waals surface area contributed by atoms with E-state index in [1.807, 2.05) is 30.3 Å². The van der Waals surface area contributed by atoms with Crippen LogP contribution in [0.25, 0.3) is 17.2 Å². The highest BCUT2D eigenvalue weighted by molar-refractivity contribution is 6.29. The Balaban J connectivity index is 2.21. The Labute approximate surface area is 151 Å². The number of hydrogen-bond acceptors (Lipinski definition) is 4. The summed E-state index contributed by atoms with van der Waals surface area (Å²) in [6, 6.07) is 11.1. The van der Waals surface area contributed by atoms with Crippen molar-refractivity contribution in [2.45, 2.75) is 13.8 Å². The minimum atomic E-state index is -0.581. The van der Waals surface area contributed by atoms with E-state index in [9.17, 15) is 9.59 Å². The lowest BCUT2D eigenvalue weighted by Gasteiger charge is -2.19. The molecule has 3 rings (SSSR count). The van der Waals surface area contributed by atoms with Crippen molar-refractivity contribution in [2.75, 3.05) is 16.3 Å². The van der Waals surface area contributed by atoms with Crippen LogP contribution in [-0.4, -0.2) is 18.5 Å². The van der Waals surface area contributed by atoms with Crippen molar-refractivity contribution >= 4 is 41.1 Å². The second kappa shape index (κ2) is 6.99. The lowest BCUT2D eigenvalue weighted by molar-refractivity contribution is 0.101. The molecule has 1 aliphatic rings. The van der Waals surface area contributed by atoms with E-state index in [0.717, 1.165) is 16.7 Å². The van der Waals surface area contributed by atoms with Gasteiger partial charge in [-0.1, -0.05) is 24.3 Å². The summed E-state index contributed by atoms with van der Waals surface area (Å²) in [5.74, 6) is -0.120. The average molecular weight is 357 g/mol. The molecule has 0 unspecified atom stereocenters. The van der Waals surface area contributed by atoms with Crippen LogP contribution in [0.1, 0.15) is 29.8 Å². The Morgan fingerprint density at radius 1 is 1.24 bits per heavy atom. The van der Waals surface area contributed by atoms with Crippen molar-refractivity contribution in [3.05, 3.63) is 53.7 Å². The molecule has 1 aliphatic heterocycles. The van der Waals surface area contributed by atoms with Gasteiger partial charge in [-0.15, -0.1) is 0 Å². The first kappa shape index (κ1) is 17.0. The third kappa shape index (κ3) is 3.37. The summed E-state index contributed by atoms with van der Waals surface area (Å²) >= 11 is 6.38. The Hall–Kier alpha value is -2.79. The first-order valence-corrected chi connectivity index (χ1v) is 8.20. The second-order valence-electron chi connectivity index (χ2n) is 5.53. The normalized spacial score (nSPS) is 12.0. The second-order valence-corrected chi connectivity index (χ2v) is 5.90. The molecule has 0 aromatic heterocycles. The number of anilines is 2. The van der Waals surface area contributed by atoms with Gasteiger partial charge in [0.2, 0.25) is 0 Å². The number of hydrogen-bond donors (Lipinski definition) is 1. The lowest BCUT2D eigenvalue weighted by atomic mass is 9.92. The maximum absolute atomic E-state index is 12.3. The van der Waals surface area contributed by atoms with E-state index in [4.69, 9.17) is 16.5 Å². The van der Waals surface area contributed by atoms with Crippen molar-refractivity contribution in [1.82, 2.24) is 0 Å². The molecular weight excluding hydrogens is 340 g/mol. The van der Waals surface area contributed by atoms with Gasteiger partial charge in [0, 0.05) is 34.8 Å². The zero-order valence-electron chi connectivity index (χ0n) is 13.9. The fourth-order valence-corrected chi connectivity index (χ4v) is 3.00. The molecule has 1 amide bonds. The molecule has 0 radical (unpaired) electrons. The SMILES string of the molecule is CCOC(=O)Nc1cc(C(C)=O)c2c(c1)N(Cl)C=Cc1ccccc1-2. The molecule has 0 aliphatic carbocycles. The highest BCUT2D eigenvalue weighted by atomic mass is 35.5. The molecule has 0 bridgehead atoms. The van der Waals surface area contributed by atoms with Crippen LogP contribution in [-0.2, 0) is 4.74 Å². The lowest BCUT2D eigenvalue weighted by Crippen LogP contribution is -2.15. The number of rotatable bonds is 3. The number of fused-ring (bicyclic) bond motifs is 3. The van der Waals surface area contributed by atoms with Crippen LogP contribution < -0.4 is 9.74 Å². The van der Waals surface area contributed by atoms with Crippen molar-refractivity contribution in [2.24, 2.45) is 0 Å². The summed E-state index contributed by atoms with van der Waals surface area (Å²) in [6.07, 6.45) is 3.01. The Morgan fingerprint density at radius 3 is 2.72 bits per heavy atom. The zero-order valence-corrected chi connectivity index (χ0v) is 14.6. The number of carbonyl (C=O) groups excluding carboxylic acids is 2. The first-order chi connectivity index (χ1) is 12.0. The molecule has 0 saturated carbocycles. The molecule has 0 saturated heterocycles. The van der Waals surface area contributed by atoms with Crippen LogP contribution in [0.3, 0.4) is 0 Å². The maximum Gasteiger partial charge on any atom is 0.411 e. The van der Waals surface area contributed by atoms with Gasteiger partial charge in [-0.2, -0.15) is 0 Å². The number of halogens is 1. The van der Waals surface area contributed by atoms with Crippen LogP contribution in [0, 0.1) is 0 Å². The van der Waals surface area contributed by atoms with E-state index in [0.29, 0.717) is 16.9 Å².